The van der Waals surface area contributed by atoms with E-state index < -0.39 is 4.92 Å². The highest BCUT2D eigenvalue weighted by Crippen LogP contribution is 2.35. The largest absolute Gasteiger partial charge is 0.367 e. The third-order valence-corrected chi connectivity index (χ3v) is 3.87. The van der Waals surface area contributed by atoms with Crippen molar-refractivity contribution in [3.05, 3.63) is 33.4 Å². The van der Waals surface area contributed by atoms with Gasteiger partial charge in [-0.15, -0.1) is 0 Å². The Kier molecular flexibility index (Phi) is 4.32. The Labute approximate surface area is 125 Å². The molecule has 8 nitrogen and oxygen atoms in total. The van der Waals surface area contributed by atoms with Crippen molar-refractivity contribution < 1.29 is 4.92 Å². The number of aryl methyl sites for hydroxylation is 2. The van der Waals surface area contributed by atoms with Crippen LogP contribution in [0.3, 0.4) is 0 Å². The zero-order chi connectivity index (χ0) is 15.6. The number of hydrogen-bond acceptors (Lipinski definition) is 8. The second-order valence-electron chi connectivity index (χ2n) is 4.29. The number of rotatable bonds is 4. The minimum Gasteiger partial charge on any atom is -0.367 e. The van der Waals surface area contributed by atoms with Crippen molar-refractivity contribution in [1.29, 1.82) is 0 Å². The SMILES string of the molecule is CNc1ncnc(Sc2nc(C)c(C)c(C)n2)c1[N+](=O)[O-]. The molecule has 0 aliphatic carbocycles. The molecule has 2 aromatic heterocycles. The maximum Gasteiger partial charge on any atom is 0.343 e. The molecule has 0 saturated heterocycles. The molecule has 0 aromatic carbocycles. The fourth-order valence-corrected chi connectivity index (χ4v) is 2.56. The van der Waals surface area contributed by atoms with Crippen LogP contribution in [-0.4, -0.2) is 31.9 Å². The predicted octanol–water partition coefficient (Wildman–Crippen LogP) is 2.29. The van der Waals surface area contributed by atoms with Gasteiger partial charge in [0, 0.05) is 18.4 Å². The van der Waals surface area contributed by atoms with Crippen molar-refractivity contribution in [2.45, 2.75) is 31.0 Å². The molecule has 110 valence electrons. The van der Waals surface area contributed by atoms with Gasteiger partial charge in [-0.1, -0.05) is 0 Å². The molecule has 0 atom stereocenters. The summed E-state index contributed by atoms with van der Waals surface area (Å²) >= 11 is 1.05. The van der Waals surface area contributed by atoms with Crippen LogP contribution >= 0.6 is 11.8 Å². The van der Waals surface area contributed by atoms with Gasteiger partial charge in [0.2, 0.25) is 5.82 Å². The van der Waals surface area contributed by atoms with Crippen LogP contribution < -0.4 is 5.32 Å². The molecule has 2 rings (SSSR count). The average molecular weight is 306 g/mol. The summed E-state index contributed by atoms with van der Waals surface area (Å²) in [5.74, 6) is 0.165. The van der Waals surface area contributed by atoms with Crippen LogP contribution in [0, 0.1) is 30.9 Å². The molecule has 0 unspecified atom stereocenters. The van der Waals surface area contributed by atoms with Gasteiger partial charge in [0.15, 0.2) is 10.2 Å². The van der Waals surface area contributed by atoms with Crippen molar-refractivity contribution in [3.8, 4) is 0 Å². The molecule has 0 spiro atoms. The Morgan fingerprint density at radius 1 is 1.19 bits per heavy atom. The summed E-state index contributed by atoms with van der Waals surface area (Å²) in [6.07, 6.45) is 1.27. The molecular weight excluding hydrogens is 292 g/mol. The number of nitrogens with zero attached hydrogens (tertiary/aromatic N) is 5. The maximum atomic E-state index is 11.2. The number of hydrogen-bond donors (Lipinski definition) is 1. The van der Waals surface area contributed by atoms with E-state index in [4.69, 9.17) is 0 Å². The third-order valence-electron chi connectivity index (χ3n) is 3.01. The molecule has 0 amide bonds. The molecule has 0 bridgehead atoms. The smallest absolute Gasteiger partial charge is 0.343 e. The average Bonchev–Trinajstić information content (AvgIpc) is 2.44. The van der Waals surface area contributed by atoms with Crippen molar-refractivity contribution in [1.82, 2.24) is 19.9 Å². The molecule has 0 saturated carbocycles. The van der Waals surface area contributed by atoms with Gasteiger partial charge >= 0.3 is 5.69 Å². The first kappa shape index (κ1) is 15.1. The Balaban J connectivity index is 2.47. The number of aromatic nitrogens is 4. The van der Waals surface area contributed by atoms with Gasteiger partial charge in [-0.05, 0) is 38.1 Å². The molecule has 2 heterocycles. The lowest BCUT2D eigenvalue weighted by Gasteiger charge is -2.07. The Morgan fingerprint density at radius 3 is 2.33 bits per heavy atom. The minimum atomic E-state index is -0.512. The van der Waals surface area contributed by atoms with E-state index in [0.717, 1.165) is 28.7 Å². The third kappa shape index (κ3) is 3.07. The van der Waals surface area contributed by atoms with E-state index in [-0.39, 0.29) is 16.5 Å². The van der Waals surface area contributed by atoms with Crippen LogP contribution in [0.2, 0.25) is 0 Å². The van der Waals surface area contributed by atoms with Crippen molar-refractivity contribution in [2.24, 2.45) is 0 Å². The summed E-state index contributed by atoms with van der Waals surface area (Å²) in [5.41, 5.74) is 2.52. The molecule has 2 aromatic rings. The van der Waals surface area contributed by atoms with Gasteiger partial charge in [0.05, 0.1) is 4.92 Å². The van der Waals surface area contributed by atoms with E-state index in [2.05, 4.69) is 25.3 Å². The maximum absolute atomic E-state index is 11.2. The van der Waals surface area contributed by atoms with Crippen molar-refractivity contribution in [2.75, 3.05) is 12.4 Å². The quantitative estimate of drug-likeness (QED) is 0.397. The number of anilines is 1. The summed E-state index contributed by atoms with van der Waals surface area (Å²) < 4.78 is 0. The highest BCUT2D eigenvalue weighted by molar-refractivity contribution is 7.99. The highest BCUT2D eigenvalue weighted by atomic mass is 32.2. The molecule has 0 fully saturated rings. The molecule has 21 heavy (non-hydrogen) atoms. The van der Waals surface area contributed by atoms with Crippen LogP contribution in [0.1, 0.15) is 17.0 Å². The van der Waals surface area contributed by atoms with Gasteiger partial charge in [-0.2, -0.15) is 0 Å². The lowest BCUT2D eigenvalue weighted by Crippen LogP contribution is -2.03. The summed E-state index contributed by atoms with van der Waals surface area (Å²) in [5, 5.41) is 14.5. The second kappa shape index (κ2) is 6.00. The molecule has 9 heteroatoms. The minimum absolute atomic E-state index is 0.165. The summed E-state index contributed by atoms with van der Waals surface area (Å²) in [6, 6.07) is 0. The summed E-state index contributed by atoms with van der Waals surface area (Å²) in [4.78, 5) is 27.2. The topological polar surface area (TPSA) is 107 Å². The number of nitro groups is 1. The highest BCUT2D eigenvalue weighted by Gasteiger charge is 2.24. The zero-order valence-corrected chi connectivity index (χ0v) is 12.9. The van der Waals surface area contributed by atoms with Gasteiger partial charge in [0.25, 0.3) is 0 Å². The molecule has 0 aliphatic rings. The lowest BCUT2D eigenvalue weighted by molar-refractivity contribution is -0.387. The van der Waals surface area contributed by atoms with E-state index >= 15 is 0 Å². The fourth-order valence-electron chi connectivity index (χ4n) is 1.66. The van der Waals surface area contributed by atoms with E-state index in [0.29, 0.717) is 5.16 Å². The monoisotopic (exact) mass is 306 g/mol. The van der Waals surface area contributed by atoms with E-state index in [1.54, 1.807) is 7.05 Å². The predicted molar refractivity (Wildman–Crippen MR) is 78.6 cm³/mol. The summed E-state index contributed by atoms with van der Waals surface area (Å²) in [7, 11) is 1.57. The van der Waals surface area contributed by atoms with Crippen LogP contribution in [0.15, 0.2) is 16.5 Å². The molecule has 1 N–H and O–H groups in total. The normalized spacial score (nSPS) is 10.5. The summed E-state index contributed by atoms with van der Waals surface area (Å²) in [6.45, 7) is 5.69. The molecule has 0 aliphatic heterocycles. The van der Waals surface area contributed by atoms with Gasteiger partial charge in [-0.3, -0.25) is 10.1 Å². The van der Waals surface area contributed by atoms with Gasteiger partial charge in [-0.25, -0.2) is 19.9 Å². The van der Waals surface area contributed by atoms with E-state index in [1.807, 2.05) is 20.8 Å². The van der Waals surface area contributed by atoms with Crippen molar-refractivity contribution >= 4 is 23.3 Å². The Bertz CT molecular complexity index is 683. The Hall–Kier alpha value is -2.29. The van der Waals surface area contributed by atoms with Gasteiger partial charge in [0.1, 0.15) is 6.33 Å². The first-order valence-corrected chi connectivity index (χ1v) is 6.92. The van der Waals surface area contributed by atoms with Crippen molar-refractivity contribution in [3.63, 3.8) is 0 Å². The Morgan fingerprint density at radius 2 is 1.81 bits per heavy atom. The standard InChI is InChI=1S/C12H14N6O2S/c1-6-7(2)16-12(17-8(6)3)21-11-9(18(19)20)10(13-4)14-5-15-11/h5H,1-4H3,(H,13,14,15). The van der Waals surface area contributed by atoms with Gasteiger partial charge < -0.3 is 5.32 Å². The molecular formula is C12H14N6O2S. The first-order valence-electron chi connectivity index (χ1n) is 6.11. The van der Waals surface area contributed by atoms with Crippen LogP contribution in [0.5, 0.6) is 0 Å². The first-order chi connectivity index (χ1) is 9.93. The second-order valence-corrected chi connectivity index (χ2v) is 5.24. The van der Waals surface area contributed by atoms with Crippen LogP contribution in [-0.2, 0) is 0 Å². The lowest BCUT2D eigenvalue weighted by atomic mass is 10.2. The van der Waals surface area contributed by atoms with E-state index in [9.17, 15) is 10.1 Å². The van der Waals surface area contributed by atoms with Crippen LogP contribution in [0.4, 0.5) is 11.5 Å². The number of nitrogens with one attached hydrogen (secondary N) is 1. The zero-order valence-electron chi connectivity index (χ0n) is 12.0. The van der Waals surface area contributed by atoms with E-state index in [1.165, 1.54) is 6.33 Å². The fraction of sp³-hybridized carbons (Fsp3) is 0.333. The van der Waals surface area contributed by atoms with Crippen LogP contribution in [0.25, 0.3) is 0 Å². The molecule has 0 radical (unpaired) electrons.